The average molecular weight is 341 g/mol. The van der Waals surface area contributed by atoms with Crippen LogP contribution in [-0.2, 0) is 6.54 Å². The van der Waals surface area contributed by atoms with E-state index >= 15 is 0 Å². The lowest BCUT2D eigenvalue weighted by Gasteiger charge is -2.09. The van der Waals surface area contributed by atoms with Gasteiger partial charge in [-0.05, 0) is 42.2 Å². The summed E-state index contributed by atoms with van der Waals surface area (Å²) in [6, 6.07) is 12.7. The summed E-state index contributed by atoms with van der Waals surface area (Å²) in [7, 11) is 0. The smallest absolute Gasteiger partial charge is 0.319 e. The Morgan fingerprint density at radius 2 is 1.86 bits per heavy atom. The van der Waals surface area contributed by atoms with E-state index < -0.39 is 0 Å². The van der Waals surface area contributed by atoms with E-state index in [0.29, 0.717) is 16.6 Å². The summed E-state index contributed by atoms with van der Waals surface area (Å²) in [4.78, 5) is 13.0. The first-order chi connectivity index (χ1) is 10.1. The van der Waals surface area contributed by atoms with Crippen LogP contribution in [0.5, 0.6) is 0 Å². The van der Waals surface area contributed by atoms with Crippen molar-refractivity contribution in [2.45, 2.75) is 11.4 Å². The minimum absolute atomic E-state index is 0.289. The molecule has 3 nitrogen and oxygen atoms in total. The summed E-state index contributed by atoms with van der Waals surface area (Å²) in [5.41, 5.74) is 1.51. The molecule has 2 amide bonds. The molecule has 6 heteroatoms. The fourth-order valence-corrected chi connectivity index (χ4v) is 2.51. The van der Waals surface area contributed by atoms with E-state index in [0.717, 1.165) is 16.1 Å². The Morgan fingerprint density at radius 1 is 1.14 bits per heavy atom. The Kier molecular flexibility index (Phi) is 5.79. The molecule has 21 heavy (non-hydrogen) atoms. The third-order valence-electron chi connectivity index (χ3n) is 2.82. The van der Waals surface area contributed by atoms with Gasteiger partial charge < -0.3 is 10.6 Å². The van der Waals surface area contributed by atoms with Crippen LogP contribution < -0.4 is 10.6 Å². The van der Waals surface area contributed by atoms with E-state index in [4.69, 9.17) is 23.2 Å². The Bertz CT molecular complexity index is 632. The van der Waals surface area contributed by atoms with Crippen molar-refractivity contribution in [3.63, 3.8) is 0 Å². The van der Waals surface area contributed by atoms with Crippen molar-refractivity contribution < 1.29 is 4.79 Å². The number of rotatable bonds is 4. The van der Waals surface area contributed by atoms with Crippen LogP contribution in [0.15, 0.2) is 47.4 Å². The van der Waals surface area contributed by atoms with Gasteiger partial charge in [-0.15, -0.1) is 11.8 Å². The molecular formula is C15H14Cl2N2OS. The van der Waals surface area contributed by atoms with E-state index in [1.165, 1.54) is 0 Å². The minimum atomic E-state index is -0.289. The van der Waals surface area contributed by atoms with E-state index in [2.05, 4.69) is 10.6 Å². The van der Waals surface area contributed by atoms with Crippen LogP contribution in [0.1, 0.15) is 5.56 Å². The molecule has 2 aromatic rings. The van der Waals surface area contributed by atoms with E-state index in [-0.39, 0.29) is 6.03 Å². The van der Waals surface area contributed by atoms with Crippen molar-refractivity contribution in [2.24, 2.45) is 0 Å². The van der Waals surface area contributed by atoms with E-state index in [1.807, 2.05) is 36.6 Å². The highest BCUT2D eigenvalue weighted by Gasteiger charge is 2.06. The van der Waals surface area contributed by atoms with Crippen LogP contribution in [0, 0.1) is 0 Å². The number of hydrogen-bond donors (Lipinski definition) is 2. The summed E-state index contributed by atoms with van der Waals surface area (Å²) in [5, 5.41) is 6.45. The van der Waals surface area contributed by atoms with Gasteiger partial charge in [0.05, 0.1) is 10.0 Å². The molecule has 0 bridgehead atoms. The summed E-state index contributed by atoms with van der Waals surface area (Å²) in [6.07, 6.45) is 2.00. The summed E-state index contributed by atoms with van der Waals surface area (Å²) in [5.74, 6) is 0. The predicted molar refractivity (Wildman–Crippen MR) is 90.5 cm³/mol. The fraction of sp³-hybridized carbons (Fsp3) is 0.133. The largest absolute Gasteiger partial charge is 0.334 e. The number of carbonyl (C=O) groups excluding carboxylic acids is 1. The molecule has 0 saturated carbocycles. The molecule has 0 unspecified atom stereocenters. The predicted octanol–water partition coefficient (Wildman–Crippen LogP) is 5.04. The van der Waals surface area contributed by atoms with Crippen molar-refractivity contribution in [3.05, 3.63) is 58.1 Å². The maximum atomic E-state index is 11.8. The summed E-state index contributed by atoms with van der Waals surface area (Å²) < 4.78 is 0. The van der Waals surface area contributed by atoms with Crippen LogP contribution in [0.2, 0.25) is 10.0 Å². The van der Waals surface area contributed by atoms with Crippen molar-refractivity contribution in [1.82, 2.24) is 5.32 Å². The number of benzene rings is 2. The second kappa shape index (κ2) is 7.59. The van der Waals surface area contributed by atoms with Crippen LogP contribution in [-0.4, -0.2) is 12.3 Å². The molecule has 0 fully saturated rings. The maximum absolute atomic E-state index is 11.8. The number of halogens is 2. The first kappa shape index (κ1) is 16.0. The topological polar surface area (TPSA) is 41.1 Å². The molecule has 0 aliphatic carbocycles. The van der Waals surface area contributed by atoms with Gasteiger partial charge in [-0.2, -0.15) is 0 Å². The quantitative estimate of drug-likeness (QED) is 0.765. The monoisotopic (exact) mass is 340 g/mol. The molecule has 2 rings (SSSR count). The van der Waals surface area contributed by atoms with Gasteiger partial charge in [-0.25, -0.2) is 4.79 Å². The molecular weight excluding hydrogens is 327 g/mol. The van der Waals surface area contributed by atoms with Crippen molar-refractivity contribution in [2.75, 3.05) is 11.6 Å². The number of carbonyl (C=O) groups is 1. The molecule has 0 heterocycles. The molecule has 0 radical (unpaired) electrons. The number of hydrogen-bond acceptors (Lipinski definition) is 2. The zero-order valence-electron chi connectivity index (χ0n) is 11.3. The molecule has 0 spiro atoms. The lowest BCUT2D eigenvalue weighted by atomic mass is 10.2. The van der Waals surface area contributed by atoms with Gasteiger partial charge in [0, 0.05) is 17.1 Å². The van der Waals surface area contributed by atoms with Crippen molar-refractivity contribution >= 4 is 46.7 Å². The number of anilines is 1. The number of thioether (sulfide) groups is 1. The van der Waals surface area contributed by atoms with Crippen molar-refractivity contribution in [3.8, 4) is 0 Å². The summed E-state index contributed by atoms with van der Waals surface area (Å²) >= 11 is 13.6. The van der Waals surface area contributed by atoms with Gasteiger partial charge in [0.1, 0.15) is 0 Å². The minimum Gasteiger partial charge on any atom is -0.334 e. The highest BCUT2D eigenvalue weighted by atomic mass is 35.5. The average Bonchev–Trinajstić information content (AvgIpc) is 2.49. The normalized spacial score (nSPS) is 10.2. The number of amides is 2. The lowest BCUT2D eigenvalue weighted by molar-refractivity contribution is 0.251. The fourth-order valence-electron chi connectivity index (χ4n) is 1.71. The Hall–Kier alpha value is -1.36. The lowest BCUT2D eigenvalue weighted by Crippen LogP contribution is -2.28. The zero-order valence-corrected chi connectivity index (χ0v) is 13.6. The Balaban J connectivity index is 1.91. The van der Waals surface area contributed by atoms with Gasteiger partial charge in [0.15, 0.2) is 0 Å². The van der Waals surface area contributed by atoms with E-state index in [9.17, 15) is 4.79 Å². The van der Waals surface area contributed by atoms with E-state index in [1.54, 1.807) is 23.9 Å². The first-order valence-electron chi connectivity index (χ1n) is 6.22. The molecule has 2 aromatic carbocycles. The van der Waals surface area contributed by atoms with Gasteiger partial charge >= 0.3 is 6.03 Å². The second-order valence-corrected chi connectivity index (χ2v) is 5.91. The molecule has 0 saturated heterocycles. The Morgan fingerprint density at radius 3 is 2.52 bits per heavy atom. The molecule has 110 valence electrons. The molecule has 0 aliphatic heterocycles. The molecule has 0 atom stereocenters. The number of urea groups is 1. The zero-order chi connectivity index (χ0) is 15.2. The third-order valence-corrected chi connectivity index (χ3v) is 4.42. The van der Waals surface area contributed by atoms with Crippen molar-refractivity contribution in [1.29, 1.82) is 0 Å². The highest BCUT2D eigenvalue weighted by Crippen LogP contribution is 2.25. The number of nitrogens with one attached hydrogen (secondary N) is 2. The van der Waals surface area contributed by atoms with Crippen LogP contribution >= 0.6 is 35.0 Å². The molecule has 2 N–H and O–H groups in total. The highest BCUT2D eigenvalue weighted by molar-refractivity contribution is 7.98. The van der Waals surface area contributed by atoms with Crippen LogP contribution in [0.3, 0.4) is 0 Å². The van der Waals surface area contributed by atoms with Gasteiger partial charge in [0.2, 0.25) is 0 Å². The standard InChI is InChI=1S/C15H14Cl2N2OS/c1-21-12-7-5-11(6-8-12)19-15(20)18-9-10-3-2-4-13(16)14(10)17/h2-8H,9H2,1H3,(H2,18,19,20). The Labute approximate surface area is 138 Å². The van der Waals surface area contributed by atoms with Gasteiger partial charge in [-0.3, -0.25) is 0 Å². The van der Waals surface area contributed by atoms with Gasteiger partial charge in [-0.1, -0.05) is 35.3 Å². The van der Waals surface area contributed by atoms with Crippen LogP contribution in [0.4, 0.5) is 10.5 Å². The SMILES string of the molecule is CSc1ccc(NC(=O)NCc2cccc(Cl)c2Cl)cc1. The molecule has 0 aromatic heterocycles. The third kappa shape index (κ3) is 4.56. The first-order valence-corrected chi connectivity index (χ1v) is 8.20. The van der Waals surface area contributed by atoms with Crippen LogP contribution in [0.25, 0.3) is 0 Å². The summed E-state index contributed by atoms with van der Waals surface area (Å²) in [6.45, 7) is 0.314. The molecule has 0 aliphatic rings. The maximum Gasteiger partial charge on any atom is 0.319 e. The second-order valence-electron chi connectivity index (χ2n) is 4.25. The van der Waals surface area contributed by atoms with Gasteiger partial charge in [0.25, 0.3) is 0 Å².